The fraction of sp³-hybridized carbons (Fsp3) is 0.222. The van der Waals surface area contributed by atoms with E-state index in [0.29, 0.717) is 16.9 Å². The molecule has 2 N–H and O–H groups in total. The first-order valence-corrected chi connectivity index (χ1v) is 7.49. The van der Waals surface area contributed by atoms with E-state index >= 15 is 0 Å². The average molecular weight is 324 g/mol. The van der Waals surface area contributed by atoms with Gasteiger partial charge < -0.3 is 19.6 Å². The molecule has 3 rings (SSSR count). The minimum atomic E-state index is -0.655. The van der Waals surface area contributed by atoms with Crippen LogP contribution in [0.4, 0.5) is 0 Å². The van der Waals surface area contributed by atoms with Crippen molar-refractivity contribution in [1.29, 1.82) is 5.26 Å². The first-order valence-electron chi connectivity index (χ1n) is 7.49. The van der Waals surface area contributed by atoms with E-state index in [9.17, 15) is 10.1 Å². The van der Waals surface area contributed by atoms with Gasteiger partial charge in [0, 0.05) is 5.39 Å². The molecule has 6 heteroatoms. The van der Waals surface area contributed by atoms with Gasteiger partial charge in [-0.1, -0.05) is 12.1 Å². The minimum absolute atomic E-state index is 0.00686. The first kappa shape index (κ1) is 15.7. The highest BCUT2D eigenvalue weighted by Gasteiger charge is 2.36. The standard InChI is InChI=1S/C18H16N2O4/c1-3-22-18(21)15-10(2)24-17(20)13(9-19)16(15)12-5-4-11-6-7-23-14(11)8-12/h4-8,16H,3,20H2,1-2H3. The molecule has 0 saturated carbocycles. The van der Waals surface area contributed by atoms with Crippen molar-refractivity contribution >= 4 is 16.9 Å². The number of benzene rings is 1. The summed E-state index contributed by atoms with van der Waals surface area (Å²) in [7, 11) is 0. The van der Waals surface area contributed by atoms with Gasteiger partial charge >= 0.3 is 5.97 Å². The van der Waals surface area contributed by atoms with Crippen LogP contribution in [0, 0.1) is 11.3 Å². The lowest BCUT2D eigenvalue weighted by Gasteiger charge is -2.26. The van der Waals surface area contributed by atoms with Crippen LogP contribution >= 0.6 is 0 Å². The van der Waals surface area contributed by atoms with Crippen LogP contribution in [0.5, 0.6) is 0 Å². The van der Waals surface area contributed by atoms with Crippen LogP contribution in [0.25, 0.3) is 11.0 Å². The fourth-order valence-electron chi connectivity index (χ4n) is 2.84. The summed E-state index contributed by atoms with van der Waals surface area (Å²) < 4.78 is 15.9. The SMILES string of the molecule is CCOC(=O)C1=C(C)OC(N)=C(C#N)C1c1ccc2ccoc2c1. The summed E-state index contributed by atoms with van der Waals surface area (Å²) in [6.45, 7) is 3.57. The van der Waals surface area contributed by atoms with Gasteiger partial charge in [-0.2, -0.15) is 5.26 Å². The number of esters is 1. The maximum absolute atomic E-state index is 12.4. The lowest BCUT2D eigenvalue weighted by atomic mass is 9.83. The molecule has 1 aromatic carbocycles. The topological polar surface area (TPSA) is 98.5 Å². The van der Waals surface area contributed by atoms with Crippen LogP contribution in [0.3, 0.4) is 0 Å². The second-order valence-corrected chi connectivity index (χ2v) is 5.33. The zero-order chi connectivity index (χ0) is 17.3. The Kier molecular flexibility index (Phi) is 4.00. The van der Waals surface area contributed by atoms with Gasteiger partial charge in [0.25, 0.3) is 0 Å². The number of allylic oxidation sites excluding steroid dienone is 2. The van der Waals surface area contributed by atoms with Crippen LogP contribution in [0.2, 0.25) is 0 Å². The van der Waals surface area contributed by atoms with Gasteiger partial charge in [0.2, 0.25) is 5.88 Å². The van der Waals surface area contributed by atoms with E-state index in [1.807, 2.05) is 24.3 Å². The number of ether oxygens (including phenoxy) is 2. The molecule has 0 bridgehead atoms. The number of fused-ring (bicyclic) bond motifs is 1. The molecule has 6 nitrogen and oxygen atoms in total. The molecule has 1 aromatic heterocycles. The molecule has 0 aliphatic carbocycles. The van der Waals surface area contributed by atoms with Gasteiger partial charge in [-0.15, -0.1) is 0 Å². The highest BCUT2D eigenvalue weighted by atomic mass is 16.5. The van der Waals surface area contributed by atoms with Crippen molar-refractivity contribution in [2.45, 2.75) is 19.8 Å². The molecule has 1 unspecified atom stereocenters. The number of carbonyl (C=O) groups is 1. The van der Waals surface area contributed by atoms with Gasteiger partial charge in [0.05, 0.1) is 24.4 Å². The lowest BCUT2D eigenvalue weighted by Crippen LogP contribution is -2.25. The zero-order valence-corrected chi connectivity index (χ0v) is 13.3. The van der Waals surface area contributed by atoms with E-state index in [-0.39, 0.29) is 23.6 Å². The summed E-state index contributed by atoms with van der Waals surface area (Å²) in [5.74, 6) is -0.862. The average Bonchev–Trinajstić information content (AvgIpc) is 3.01. The second-order valence-electron chi connectivity index (χ2n) is 5.33. The highest BCUT2D eigenvalue weighted by molar-refractivity contribution is 5.93. The predicted octanol–water partition coefficient (Wildman–Crippen LogP) is 3.08. The third-order valence-electron chi connectivity index (χ3n) is 3.91. The van der Waals surface area contributed by atoms with Crippen LogP contribution in [0.1, 0.15) is 25.3 Å². The number of nitrogens with zero attached hydrogens (tertiary/aromatic N) is 1. The monoisotopic (exact) mass is 324 g/mol. The van der Waals surface area contributed by atoms with Crippen molar-refractivity contribution < 1.29 is 18.7 Å². The number of hydrogen-bond donors (Lipinski definition) is 1. The highest BCUT2D eigenvalue weighted by Crippen LogP contribution is 2.40. The van der Waals surface area contributed by atoms with Crippen molar-refractivity contribution in [3.8, 4) is 6.07 Å². The Morgan fingerprint density at radius 1 is 1.42 bits per heavy atom. The van der Waals surface area contributed by atoms with Crippen LogP contribution in [0.15, 0.2) is 57.7 Å². The molecule has 0 amide bonds. The van der Waals surface area contributed by atoms with Crippen molar-refractivity contribution in [1.82, 2.24) is 0 Å². The molecule has 2 heterocycles. The Hall–Kier alpha value is -3.20. The van der Waals surface area contributed by atoms with Crippen molar-refractivity contribution in [3.63, 3.8) is 0 Å². The van der Waals surface area contributed by atoms with E-state index in [2.05, 4.69) is 0 Å². The number of nitriles is 1. The fourth-order valence-corrected chi connectivity index (χ4v) is 2.84. The summed E-state index contributed by atoms with van der Waals surface area (Å²) >= 11 is 0. The largest absolute Gasteiger partial charge is 0.464 e. The molecule has 24 heavy (non-hydrogen) atoms. The van der Waals surface area contributed by atoms with E-state index in [1.54, 1.807) is 26.2 Å². The zero-order valence-electron chi connectivity index (χ0n) is 13.3. The number of nitrogens with two attached hydrogens (primary N) is 1. The smallest absolute Gasteiger partial charge is 0.338 e. The molecule has 1 atom stereocenters. The molecule has 122 valence electrons. The van der Waals surface area contributed by atoms with Gasteiger partial charge in [-0.3, -0.25) is 0 Å². The molecule has 0 radical (unpaired) electrons. The molecule has 0 saturated heterocycles. The Morgan fingerprint density at radius 3 is 2.92 bits per heavy atom. The second kappa shape index (κ2) is 6.13. The predicted molar refractivity (Wildman–Crippen MR) is 86.2 cm³/mol. The normalized spacial score (nSPS) is 17.6. The number of furan rings is 1. The molecule has 1 aliphatic rings. The van der Waals surface area contributed by atoms with Crippen LogP contribution < -0.4 is 5.73 Å². The van der Waals surface area contributed by atoms with Gasteiger partial charge in [0.1, 0.15) is 23.0 Å². The van der Waals surface area contributed by atoms with Crippen molar-refractivity contribution in [2.75, 3.05) is 6.61 Å². The van der Waals surface area contributed by atoms with Gasteiger partial charge in [-0.05, 0) is 31.5 Å². The Bertz CT molecular complexity index is 914. The Balaban J connectivity index is 2.18. The van der Waals surface area contributed by atoms with Crippen molar-refractivity contribution in [3.05, 3.63) is 58.9 Å². The molecule has 0 fully saturated rings. The minimum Gasteiger partial charge on any atom is -0.464 e. The lowest BCUT2D eigenvalue weighted by molar-refractivity contribution is -0.139. The number of carbonyl (C=O) groups excluding carboxylic acids is 1. The molecular weight excluding hydrogens is 308 g/mol. The summed E-state index contributed by atoms with van der Waals surface area (Å²) in [5.41, 5.74) is 7.68. The summed E-state index contributed by atoms with van der Waals surface area (Å²) in [6, 6.07) is 9.39. The maximum atomic E-state index is 12.4. The van der Waals surface area contributed by atoms with Crippen LogP contribution in [-0.2, 0) is 14.3 Å². The molecule has 0 spiro atoms. The number of hydrogen-bond acceptors (Lipinski definition) is 6. The van der Waals surface area contributed by atoms with E-state index < -0.39 is 11.9 Å². The summed E-state index contributed by atoms with van der Waals surface area (Å²) in [4.78, 5) is 12.4. The Morgan fingerprint density at radius 2 is 2.21 bits per heavy atom. The summed E-state index contributed by atoms with van der Waals surface area (Å²) in [6.07, 6.45) is 1.58. The maximum Gasteiger partial charge on any atom is 0.338 e. The quantitative estimate of drug-likeness (QED) is 0.871. The van der Waals surface area contributed by atoms with Crippen LogP contribution in [-0.4, -0.2) is 12.6 Å². The third-order valence-corrected chi connectivity index (χ3v) is 3.91. The molecular formula is C18H16N2O4. The third kappa shape index (κ3) is 2.50. The van der Waals surface area contributed by atoms with Crippen molar-refractivity contribution in [2.24, 2.45) is 5.73 Å². The molecule has 1 aliphatic heterocycles. The van der Waals surface area contributed by atoms with Gasteiger partial charge in [0.15, 0.2) is 0 Å². The first-order chi connectivity index (χ1) is 11.6. The van der Waals surface area contributed by atoms with Gasteiger partial charge in [-0.25, -0.2) is 4.79 Å². The molecule has 2 aromatic rings. The summed E-state index contributed by atoms with van der Waals surface area (Å²) in [5, 5.41) is 10.4. The van der Waals surface area contributed by atoms with E-state index in [1.165, 1.54) is 0 Å². The van der Waals surface area contributed by atoms with E-state index in [0.717, 1.165) is 5.39 Å². The Labute approximate surface area is 138 Å². The van der Waals surface area contributed by atoms with E-state index in [4.69, 9.17) is 19.6 Å². The number of rotatable bonds is 3.